The molecule has 0 radical (unpaired) electrons. The monoisotopic (exact) mass is 301 g/mol. The Balaban J connectivity index is 2.11. The van der Waals surface area contributed by atoms with Gasteiger partial charge in [0.1, 0.15) is 6.07 Å². The summed E-state index contributed by atoms with van der Waals surface area (Å²) in [4.78, 5) is 4.39. The zero-order valence-corrected chi connectivity index (χ0v) is 13.4. The number of rotatable bonds is 4. The third kappa shape index (κ3) is 3.02. The highest BCUT2D eigenvalue weighted by molar-refractivity contribution is 5.96. The number of nitrogens with one attached hydrogen (secondary N) is 1. The molecule has 0 aliphatic rings. The van der Waals surface area contributed by atoms with Crippen molar-refractivity contribution in [1.82, 2.24) is 4.98 Å². The third-order valence-electron chi connectivity index (χ3n) is 4.09. The minimum absolute atomic E-state index is 0.560. The number of pyridine rings is 1. The Labute approximate surface area is 136 Å². The maximum absolute atomic E-state index is 9.43. The Bertz CT molecular complexity index is 874. The first kappa shape index (κ1) is 15.1. The van der Waals surface area contributed by atoms with Gasteiger partial charge in [-0.05, 0) is 48.2 Å². The molecule has 0 unspecified atom stereocenters. The molecule has 2 aromatic carbocycles. The summed E-state index contributed by atoms with van der Waals surface area (Å²) in [6, 6.07) is 16.8. The molecule has 3 aromatic rings. The number of anilines is 2. The van der Waals surface area contributed by atoms with Crippen molar-refractivity contribution >= 4 is 22.3 Å². The largest absolute Gasteiger partial charge is 0.354 e. The Hall–Kier alpha value is -2.86. The van der Waals surface area contributed by atoms with Crippen LogP contribution >= 0.6 is 0 Å². The zero-order chi connectivity index (χ0) is 16.2. The predicted octanol–water partition coefficient (Wildman–Crippen LogP) is 4.97. The number of hydrogen-bond acceptors (Lipinski definition) is 3. The van der Waals surface area contributed by atoms with Gasteiger partial charge < -0.3 is 5.32 Å². The van der Waals surface area contributed by atoms with E-state index < -0.39 is 0 Å². The van der Waals surface area contributed by atoms with Gasteiger partial charge in [0.15, 0.2) is 0 Å². The van der Waals surface area contributed by atoms with Crippen molar-refractivity contribution in [2.24, 2.45) is 0 Å². The van der Waals surface area contributed by atoms with Crippen LogP contribution in [0.1, 0.15) is 30.5 Å². The molecular weight excluding hydrogens is 282 g/mol. The number of aromatic nitrogens is 1. The van der Waals surface area contributed by atoms with Gasteiger partial charge in [-0.1, -0.05) is 32.0 Å². The fraction of sp³-hybridized carbons (Fsp3) is 0.200. The summed E-state index contributed by atoms with van der Waals surface area (Å²) in [6.07, 6.45) is 3.61. The standard InChI is InChI=1S/C20H19N3/c1-3-14-5-8-17(9-6-14)23-20-16(12-21)13-22-19-10-7-15(4-2)11-18(19)20/h5-11,13H,3-4H2,1-2H3,(H,22,23). The van der Waals surface area contributed by atoms with Crippen LogP contribution in [0.15, 0.2) is 48.7 Å². The molecule has 1 heterocycles. The van der Waals surface area contributed by atoms with Crippen LogP contribution in [0.4, 0.5) is 11.4 Å². The second-order valence-electron chi connectivity index (χ2n) is 5.54. The average molecular weight is 301 g/mol. The summed E-state index contributed by atoms with van der Waals surface area (Å²) in [5.74, 6) is 0. The number of nitriles is 1. The lowest BCUT2D eigenvalue weighted by Crippen LogP contribution is -1.97. The van der Waals surface area contributed by atoms with Crippen LogP contribution in [-0.4, -0.2) is 4.98 Å². The van der Waals surface area contributed by atoms with E-state index in [-0.39, 0.29) is 0 Å². The van der Waals surface area contributed by atoms with E-state index in [9.17, 15) is 5.26 Å². The Morgan fingerprint density at radius 3 is 2.35 bits per heavy atom. The van der Waals surface area contributed by atoms with Gasteiger partial charge in [0.2, 0.25) is 0 Å². The van der Waals surface area contributed by atoms with Gasteiger partial charge in [0.05, 0.1) is 16.8 Å². The summed E-state index contributed by atoms with van der Waals surface area (Å²) in [5.41, 5.74) is 5.80. The predicted molar refractivity (Wildman–Crippen MR) is 94.9 cm³/mol. The molecule has 0 amide bonds. The number of benzene rings is 2. The molecule has 0 aliphatic heterocycles. The van der Waals surface area contributed by atoms with Crippen molar-refractivity contribution in [2.75, 3.05) is 5.32 Å². The van der Waals surface area contributed by atoms with E-state index in [1.807, 2.05) is 6.07 Å². The molecule has 1 aromatic heterocycles. The van der Waals surface area contributed by atoms with Crippen LogP contribution in [-0.2, 0) is 12.8 Å². The Morgan fingerprint density at radius 2 is 1.70 bits per heavy atom. The molecular formula is C20H19N3. The van der Waals surface area contributed by atoms with E-state index in [4.69, 9.17) is 0 Å². The van der Waals surface area contributed by atoms with Gasteiger partial charge in [-0.25, -0.2) is 0 Å². The van der Waals surface area contributed by atoms with Gasteiger partial charge in [-0.2, -0.15) is 5.26 Å². The lowest BCUT2D eigenvalue weighted by molar-refractivity contribution is 1.14. The van der Waals surface area contributed by atoms with Crippen molar-refractivity contribution in [3.05, 3.63) is 65.4 Å². The molecule has 23 heavy (non-hydrogen) atoms. The molecule has 3 rings (SSSR count). The maximum Gasteiger partial charge on any atom is 0.103 e. The highest BCUT2D eigenvalue weighted by Gasteiger charge is 2.10. The normalized spacial score (nSPS) is 10.5. The number of nitrogens with zero attached hydrogens (tertiary/aromatic N) is 2. The van der Waals surface area contributed by atoms with Crippen LogP contribution in [0.2, 0.25) is 0 Å². The molecule has 3 nitrogen and oxygen atoms in total. The highest BCUT2D eigenvalue weighted by Crippen LogP contribution is 2.29. The minimum atomic E-state index is 0.560. The molecule has 0 atom stereocenters. The molecule has 114 valence electrons. The molecule has 0 spiro atoms. The quantitative estimate of drug-likeness (QED) is 0.739. The fourth-order valence-corrected chi connectivity index (χ4v) is 2.65. The molecule has 0 aliphatic carbocycles. The van der Waals surface area contributed by atoms with Crippen LogP contribution in [0.3, 0.4) is 0 Å². The molecule has 0 saturated heterocycles. The lowest BCUT2D eigenvalue weighted by atomic mass is 10.0. The SMILES string of the molecule is CCc1ccc(Nc2c(C#N)cnc3ccc(CC)cc23)cc1. The summed E-state index contributed by atoms with van der Waals surface area (Å²) < 4.78 is 0. The highest BCUT2D eigenvalue weighted by atomic mass is 14.9. The average Bonchev–Trinajstić information content (AvgIpc) is 2.62. The Morgan fingerprint density at radius 1 is 1.00 bits per heavy atom. The first-order valence-electron chi connectivity index (χ1n) is 7.92. The van der Waals surface area contributed by atoms with Gasteiger partial charge in [-0.3, -0.25) is 4.98 Å². The van der Waals surface area contributed by atoms with Crippen LogP contribution in [0.5, 0.6) is 0 Å². The van der Waals surface area contributed by atoms with Crippen molar-refractivity contribution in [1.29, 1.82) is 5.26 Å². The molecule has 0 saturated carbocycles. The van der Waals surface area contributed by atoms with Crippen molar-refractivity contribution in [3.63, 3.8) is 0 Å². The second-order valence-corrected chi connectivity index (χ2v) is 5.54. The van der Waals surface area contributed by atoms with E-state index in [0.717, 1.165) is 35.1 Å². The van der Waals surface area contributed by atoms with E-state index in [2.05, 4.69) is 66.6 Å². The number of aryl methyl sites for hydroxylation is 2. The van der Waals surface area contributed by atoms with Crippen LogP contribution < -0.4 is 5.32 Å². The first-order valence-corrected chi connectivity index (χ1v) is 7.92. The van der Waals surface area contributed by atoms with Crippen molar-refractivity contribution in [2.45, 2.75) is 26.7 Å². The topological polar surface area (TPSA) is 48.7 Å². The second kappa shape index (κ2) is 6.50. The van der Waals surface area contributed by atoms with Gasteiger partial charge >= 0.3 is 0 Å². The summed E-state index contributed by atoms with van der Waals surface area (Å²) >= 11 is 0. The summed E-state index contributed by atoms with van der Waals surface area (Å²) in [5, 5.41) is 13.8. The van der Waals surface area contributed by atoms with E-state index in [1.54, 1.807) is 6.20 Å². The first-order chi connectivity index (χ1) is 11.2. The summed E-state index contributed by atoms with van der Waals surface area (Å²) in [6.45, 7) is 4.26. The molecule has 1 N–H and O–H groups in total. The number of fused-ring (bicyclic) bond motifs is 1. The lowest BCUT2D eigenvalue weighted by Gasteiger charge is -2.12. The molecule has 3 heteroatoms. The number of hydrogen-bond donors (Lipinski definition) is 1. The van der Waals surface area contributed by atoms with Crippen LogP contribution in [0.25, 0.3) is 10.9 Å². The minimum Gasteiger partial charge on any atom is -0.354 e. The zero-order valence-electron chi connectivity index (χ0n) is 13.4. The smallest absolute Gasteiger partial charge is 0.103 e. The van der Waals surface area contributed by atoms with Crippen molar-refractivity contribution in [3.8, 4) is 6.07 Å². The molecule has 0 fully saturated rings. The van der Waals surface area contributed by atoms with Crippen molar-refractivity contribution < 1.29 is 0 Å². The van der Waals surface area contributed by atoms with Gasteiger partial charge in [0, 0.05) is 17.3 Å². The van der Waals surface area contributed by atoms with E-state index in [0.29, 0.717) is 5.56 Å². The van der Waals surface area contributed by atoms with Gasteiger partial charge in [-0.15, -0.1) is 0 Å². The van der Waals surface area contributed by atoms with E-state index >= 15 is 0 Å². The fourth-order valence-electron chi connectivity index (χ4n) is 2.65. The third-order valence-corrected chi connectivity index (χ3v) is 4.09. The summed E-state index contributed by atoms with van der Waals surface area (Å²) in [7, 11) is 0. The van der Waals surface area contributed by atoms with E-state index in [1.165, 1.54) is 11.1 Å². The van der Waals surface area contributed by atoms with Crippen LogP contribution in [0, 0.1) is 11.3 Å². The van der Waals surface area contributed by atoms with Gasteiger partial charge in [0.25, 0.3) is 0 Å². The maximum atomic E-state index is 9.43. The Kier molecular flexibility index (Phi) is 4.25. The molecule has 0 bridgehead atoms.